The lowest BCUT2D eigenvalue weighted by Crippen LogP contribution is -2.32. The molecular formula is C12H12N2O2. The number of esters is 1. The molecule has 0 saturated heterocycles. The fourth-order valence-corrected chi connectivity index (χ4v) is 1.60. The first-order valence-electron chi connectivity index (χ1n) is 5.07. The van der Waals surface area contributed by atoms with Crippen molar-refractivity contribution in [2.24, 2.45) is 0 Å². The summed E-state index contributed by atoms with van der Waals surface area (Å²) in [5, 5.41) is 11.8. The van der Waals surface area contributed by atoms with Gasteiger partial charge >= 0.3 is 5.97 Å². The number of methoxy groups -OCH3 is 1. The van der Waals surface area contributed by atoms with Crippen LogP contribution in [-0.4, -0.2) is 18.6 Å². The summed E-state index contributed by atoms with van der Waals surface area (Å²) in [6, 6.07) is 9.07. The Morgan fingerprint density at radius 2 is 2.06 bits per heavy atom. The van der Waals surface area contributed by atoms with Gasteiger partial charge in [-0.1, -0.05) is 0 Å². The second kappa shape index (κ2) is 3.86. The molecule has 0 unspecified atom stereocenters. The minimum Gasteiger partial charge on any atom is -0.467 e. The van der Waals surface area contributed by atoms with Crippen LogP contribution < -0.4 is 5.32 Å². The van der Waals surface area contributed by atoms with Crippen molar-refractivity contribution >= 4 is 11.7 Å². The normalized spacial score (nSPS) is 16.0. The SMILES string of the molecule is COC(=O)C1(Nc2ccc(C#N)cc2)CC1. The topological polar surface area (TPSA) is 62.1 Å². The van der Waals surface area contributed by atoms with Crippen molar-refractivity contribution in [1.29, 1.82) is 5.26 Å². The molecule has 1 aromatic carbocycles. The number of nitrogens with one attached hydrogen (secondary N) is 1. The second-order valence-corrected chi connectivity index (χ2v) is 3.89. The summed E-state index contributed by atoms with van der Waals surface area (Å²) >= 11 is 0. The zero-order valence-electron chi connectivity index (χ0n) is 8.99. The van der Waals surface area contributed by atoms with E-state index in [2.05, 4.69) is 5.32 Å². The second-order valence-electron chi connectivity index (χ2n) is 3.89. The van der Waals surface area contributed by atoms with Gasteiger partial charge in [-0.15, -0.1) is 0 Å². The van der Waals surface area contributed by atoms with Gasteiger partial charge in [-0.05, 0) is 37.1 Å². The highest BCUT2D eigenvalue weighted by atomic mass is 16.5. The van der Waals surface area contributed by atoms with E-state index in [1.807, 2.05) is 6.07 Å². The molecule has 4 heteroatoms. The molecule has 4 nitrogen and oxygen atoms in total. The molecule has 0 radical (unpaired) electrons. The fraction of sp³-hybridized carbons (Fsp3) is 0.333. The monoisotopic (exact) mass is 216 g/mol. The molecule has 0 atom stereocenters. The molecule has 82 valence electrons. The Bertz CT molecular complexity index is 441. The minimum atomic E-state index is -0.539. The first-order chi connectivity index (χ1) is 7.70. The van der Waals surface area contributed by atoms with E-state index in [1.165, 1.54) is 7.11 Å². The van der Waals surface area contributed by atoms with Crippen molar-refractivity contribution in [2.75, 3.05) is 12.4 Å². The van der Waals surface area contributed by atoms with Gasteiger partial charge in [-0.25, -0.2) is 4.79 Å². The molecule has 1 aliphatic carbocycles. The number of anilines is 1. The molecule has 0 heterocycles. The Morgan fingerprint density at radius 3 is 2.50 bits per heavy atom. The maximum atomic E-state index is 11.5. The van der Waals surface area contributed by atoms with Gasteiger partial charge in [0, 0.05) is 5.69 Å². The van der Waals surface area contributed by atoms with Crippen molar-refractivity contribution in [3.63, 3.8) is 0 Å². The van der Waals surface area contributed by atoms with E-state index in [9.17, 15) is 4.79 Å². The van der Waals surface area contributed by atoms with Gasteiger partial charge in [0.05, 0.1) is 18.7 Å². The molecule has 0 aromatic heterocycles. The molecule has 1 aromatic rings. The van der Waals surface area contributed by atoms with Crippen molar-refractivity contribution in [3.8, 4) is 6.07 Å². The van der Waals surface area contributed by atoms with Crippen LogP contribution in [0.25, 0.3) is 0 Å². The summed E-state index contributed by atoms with van der Waals surface area (Å²) in [6.07, 6.45) is 1.58. The minimum absolute atomic E-state index is 0.225. The smallest absolute Gasteiger partial charge is 0.331 e. The number of carbonyl (C=O) groups is 1. The highest BCUT2D eigenvalue weighted by Crippen LogP contribution is 2.39. The third-order valence-electron chi connectivity index (χ3n) is 2.72. The standard InChI is InChI=1S/C12H12N2O2/c1-16-11(15)12(6-7-12)14-10-4-2-9(8-13)3-5-10/h2-5,14H,6-7H2,1H3. The van der Waals surface area contributed by atoms with E-state index in [0.29, 0.717) is 5.56 Å². The Kier molecular flexibility index (Phi) is 2.53. The zero-order valence-corrected chi connectivity index (χ0v) is 8.99. The van der Waals surface area contributed by atoms with Crippen LogP contribution in [0.4, 0.5) is 5.69 Å². The Labute approximate surface area is 93.8 Å². The first-order valence-corrected chi connectivity index (χ1v) is 5.07. The summed E-state index contributed by atoms with van der Waals surface area (Å²) in [5.74, 6) is -0.225. The molecule has 0 amide bonds. The van der Waals surface area contributed by atoms with Crippen LogP contribution >= 0.6 is 0 Å². The van der Waals surface area contributed by atoms with Gasteiger partial charge in [-0.3, -0.25) is 0 Å². The summed E-state index contributed by atoms with van der Waals surface area (Å²) in [7, 11) is 1.39. The number of nitrogens with zero attached hydrogens (tertiary/aromatic N) is 1. The van der Waals surface area contributed by atoms with Gasteiger partial charge in [-0.2, -0.15) is 5.26 Å². The van der Waals surface area contributed by atoms with Crippen LogP contribution in [0.2, 0.25) is 0 Å². The van der Waals surface area contributed by atoms with Crippen molar-refractivity contribution in [3.05, 3.63) is 29.8 Å². The van der Waals surface area contributed by atoms with Gasteiger partial charge in [0.25, 0.3) is 0 Å². The van der Waals surface area contributed by atoms with Crippen LogP contribution in [0.3, 0.4) is 0 Å². The molecule has 1 fully saturated rings. The highest BCUT2D eigenvalue weighted by Gasteiger charge is 2.51. The van der Waals surface area contributed by atoms with Crippen molar-refractivity contribution in [2.45, 2.75) is 18.4 Å². The summed E-state index contributed by atoms with van der Waals surface area (Å²) in [4.78, 5) is 11.5. The van der Waals surface area contributed by atoms with Crippen LogP contribution in [0.1, 0.15) is 18.4 Å². The molecule has 1 saturated carbocycles. The Hall–Kier alpha value is -2.02. The van der Waals surface area contributed by atoms with E-state index in [0.717, 1.165) is 18.5 Å². The zero-order chi connectivity index (χ0) is 11.6. The van der Waals surface area contributed by atoms with Gasteiger partial charge in [0.2, 0.25) is 0 Å². The number of hydrogen-bond acceptors (Lipinski definition) is 4. The molecule has 0 spiro atoms. The third kappa shape index (κ3) is 1.84. The quantitative estimate of drug-likeness (QED) is 0.781. The number of rotatable bonds is 3. The lowest BCUT2D eigenvalue weighted by atomic mass is 10.2. The van der Waals surface area contributed by atoms with Gasteiger partial charge in [0.15, 0.2) is 0 Å². The lowest BCUT2D eigenvalue weighted by Gasteiger charge is -2.15. The molecule has 0 bridgehead atoms. The lowest BCUT2D eigenvalue weighted by molar-refractivity contribution is -0.142. The third-order valence-corrected chi connectivity index (χ3v) is 2.72. The summed E-state index contributed by atoms with van der Waals surface area (Å²) < 4.78 is 4.74. The largest absolute Gasteiger partial charge is 0.467 e. The van der Waals surface area contributed by atoms with Crippen LogP contribution in [-0.2, 0) is 9.53 Å². The Morgan fingerprint density at radius 1 is 1.44 bits per heavy atom. The van der Waals surface area contributed by atoms with E-state index in [4.69, 9.17) is 10.00 Å². The number of benzene rings is 1. The molecular weight excluding hydrogens is 204 g/mol. The predicted octanol–water partition coefficient (Wildman–Crippen LogP) is 1.68. The highest BCUT2D eigenvalue weighted by molar-refractivity contribution is 5.87. The predicted molar refractivity (Wildman–Crippen MR) is 58.8 cm³/mol. The van der Waals surface area contributed by atoms with Crippen LogP contribution in [0.15, 0.2) is 24.3 Å². The van der Waals surface area contributed by atoms with Gasteiger partial charge < -0.3 is 10.1 Å². The van der Waals surface area contributed by atoms with E-state index < -0.39 is 5.54 Å². The molecule has 16 heavy (non-hydrogen) atoms. The summed E-state index contributed by atoms with van der Waals surface area (Å²) in [6.45, 7) is 0. The van der Waals surface area contributed by atoms with Crippen molar-refractivity contribution in [1.82, 2.24) is 0 Å². The number of hydrogen-bond donors (Lipinski definition) is 1. The summed E-state index contributed by atoms with van der Waals surface area (Å²) in [5.41, 5.74) is 0.901. The van der Waals surface area contributed by atoms with E-state index >= 15 is 0 Å². The number of ether oxygens (including phenoxy) is 1. The fourth-order valence-electron chi connectivity index (χ4n) is 1.60. The van der Waals surface area contributed by atoms with Crippen molar-refractivity contribution < 1.29 is 9.53 Å². The van der Waals surface area contributed by atoms with E-state index in [-0.39, 0.29) is 5.97 Å². The maximum absolute atomic E-state index is 11.5. The molecule has 2 rings (SSSR count). The van der Waals surface area contributed by atoms with E-state index in [1.54, 1.807) is 24.3 Å². The molecule has 1 aliphatic rings. The van der Waals surface area contributed by atoms with Crippen LogP contribution in [0.5, 0.6) is 0 Å². The maximum Gasteiger partial charge on any atom is 0.331 e. The van der Waals surface area contributed by atoms with Gasteiger partial charge in [0.1, 0.15) is 5.54 Å². The first kappa shape index (κ1) is 10.5. The molecule has 0 aliphatic heterocycles. The number of nitriles is 1. The average molecular weight is 216 g/mol. The Balaban J connectivity index is 2.10. The average Bonchev–Trinajstić information content (AvgIpc) is 3.10. The van der Waals surface area contributed by atoms with Crippen LogP contribution in [0, 0.1) is 11.3 Å². The number of carbonyl (C=O) groups excluding carboxylic acids is 1. The molecule has 1 N–H and O–H groups in total.